The number of nitrogens with one attached hydrogen (secondary N) is 1. The van der Waals surface area contributed by atoms with Crippen LogP contribution in [0.2, 0.25) is 0 Å². The van der Waals surface area contributed by atoms with Crippen molar-refractivity contribution in [2.45, 2.75) is 302 Å². The zero-order valence-electron chi connectivity index (χ0n) is 45.4. The van der Waals surface area contributed by atoms with Crippen LogP contribution in [0.25, 0.3) is 0 Å². The number of likely N-dealkylation sites (N-methyl/N-ethyl adjacent to an activating group) is 1. The van der Waals surface area contributed by atoms with Gasteiger partial charge in [-0.2, -0.15) is 0 Å². The van der Waals surface area contributed by atoms with E-state index in [2.05, 4.69) is 43.5 Å². The number of hydrogen-bond acceptors (Lipinski definition) is 6. The summed E-state index contributed by atoms with van der Waals surface area (Å²) in [5.74, 6) is -0.163. The second-order valence-corrected chi connectivity index (χ2v) is 22.8. The molecule has 0 fully saturated rings. The predicted molar refractivity (Wildman–Crippen MR) is 289 cm³/mol. The summed E-state index contributed by atoms with van der Waals surface area (Å²) in [6.45, 7) is 4.76. The topological polar surface area (TPSA) is 108 Å². The van der Waals surface area contributed by atoms with Crippen LogP contribution in [0.4, 0.5) is 0 Å². The fourth-order valence-electron chi connectivity index (χ4n) is 8.84. The number of allylic oxidation sites excluding steroid dienone is 4. The summed E-state index contributed by atoms with van der Waals surface area (Å²) in [6, 6.07) is -0.801. The number of phosphoric acid groups is 1. The second kappa shape index (κ2) is 49.9. The van der Waals surface area contributed by atoms with Crippen molar-refractivity contribution in [2.75, 3.05) is 40.9 Å². The molecule has 0 aliphatic heterocycles. The van der Waals surface area contributed by atoms with Gasteiger partial charge in [0.15, 0.2) is 0 Å². The smallest absolute Gasteiger partial charge is 0.268 e. The van der Waals surface area contributed by atoms with Crippen LogP contribution in [0.15, 0.2) is 24.3 Å². The third-order valence-corrected chi connectivity index (χ3v) is 14.4. The van der Waals surface area contributed by atoms with Crippen LogP contribution in [-0.4, -0.2) is 68.5 Å². The van der Waals surface area contributed by atoms with E-state index >= 15 is 0 Å². The third kappa shape index (κ3) is 52.6. The molecule has 0 saturated carbocycles. The fraction of sp³-hybridized carbons (Fsp3) is 0.914. The van der Waals surface area contributed by atoms with E-state index in [1.807, 2.05) is 21.1 Å². The van der Waals surface area contributed by atoms with Crippen molar-refractivity contribution in [1.29, 1.82) is 0 Å². The van der Waals surface area contributed by atoms with Crippen molar-refractivity contribution in [2.24, 2.45) is 0 Å². The molecule has 0 heterocycles. The van der Waals surface area contributed by atoms with Crippen LogP contribution in [0.3, 0.4) is 0 Å². The van der Waals surface area contributed by atoms with E-state index in [9.17, 15) is 19.4 Å². The molecule has 0 saturated heterocycles. The largest absolute Gasteiger partial charge is 0.756 e. The Hall–Kier alpha value is -1.02. The lowest BCUT2D eigenvalue weighted by Crippen LogP contribution is -2.46. The SMILES string of the molecule is CCCCCCCCCCC/C=C\C/C=C\CCCCCCCCCCCCCC(=O)NC(COP(=O)([O-])OCC[N+](C)(C)C)C(O)CCCCCCCCCCCCCCCCCCCC. The Morgan fingerprint density at radius 2 is 0.866 bits per heavy atom. The summed E-state index contributed by atoms with van der Waals surface area (Å²) in [4.78, 5) is 25.5. The van der Waals surface area contributed by atoms with Crippen LogP contribution in [0.5, 0.6) is 0 Å². The predicted octanol–water partition coefficient (Wildman–Crippen LogP) is 17.0. The lowest BCUT2D eigenvalue weighted by atomic mass is 10.0. The summed E-state index contributed by atoms with van der Waals surface area (Å²) in [7, 11) is 1.31. The molecule has 9 heteroatoms. The number of amides is 1. The van der Waals surface area contributed by atoms with E-state index < -0.39 is 20.0 Å². The first-order chi connectivity index (χ1) is 32.5. The van der Waals surface area contributed by atoms with E-state index in [1.165, 1.54) is 218 Å². The van der Waals surface area contributed by atoms with Crippen molar-refractivity contribution in [1.82, 2.24) is 5.32 Å². The molecular formula is C58H115N2O6P. The first kappa shape index (κ1) is 66.0. The number of carbonyl (C=O) groups is 1. The minimum absolute atomic E-state index is 0.0131. The van der Waals surface area contributed by atoms with Gasteiger partial charge in [0.2, 0.25) is 5.91 Å². The molecule has 0 aromatic rings. The van der Waals surface area contributed by atoms with Crippen molar-refractivity contribution < 1.29 is 32.9 Å². The van der Waals surface area contributed by atoms with Gasteiger partial charge in [-0.15, -0.1) is 0 Å². The zero-order valence-corrected chi connectivity index (χ0v) is 46.3. The Labute approximate surface area is 417 Å². The maximum atomic E-state index is 13.0. The Morgan fingerprint density at radius 3 is 1.24 bits per heavy atom. The lowest BCUT2D eigenvalue weighted by molar-refractivity contribution is -0.870. The molecular weight excluding hydrogens is 852 g/mol. The average Bonchev–Trinajstić information content (AvgIpc) is 3.29. The van der Waals surface area contributed by atoms with E-state index in [0.717, 1.165) is 44.9 Å². The molecule has 2 N–H and O–H groups in total. The van der Waals surface area contributed by atoms with Gasteiger partial charge in [0.1, 0.15) is 13.2 Å². The number of aliphatic hydroxyl groups is 1. The number of rotatable bonds is 54. The number of hydrogen-bond donors (Lipinski definition) is 2. The molecule has 3 atom stereocenters. The lowest BCUT2D eigenvalue weighted by Gasteiger charge is -2.30. The first-order valence-electron chi connectivity index (χ1n) is 29.2. The molecule has 0 bridgehead atoms. The molecule has 398 valence electrons. The average molecular weight is 968 g/mol. The normalized spacial score (nSPS) is 14.1. The Bertz CT molecular complexity index is 1140. The number of nitrogens with zero attached hydrogens (tertiary/aromatic N) is 1. The minimum atomic E-state index is -4.57. The fourth-order valence-corrected chi connectivity index (χ4v) is 9.56. The number of unbranched alkanes of at least 4 members (excludes halogenated alkanes) is 37. The van der Waals surface area contributed by atoms with E-state index in [-0.39, 0.29) is 19.1 Å². The van der Waals surface area contributed by atoms with Gasteiger partial charge in [-0.3, -0.25) is 9.36 Å². The van der Waals surface area contributed by atoms with Crippen LogP contribution >= 0.6 is 7.82 Å². The number of quaternary nitrogens is 1. The van der Waals surface area contributed by atoms with E-state index in [0.29, 0.717) is 23.9 Å². The minimum Gasteiger partial charge on any atom is -0.756 e. The monoisotopic (exact) mass is 967 g/mol. The Morgan fingerprint density at radius 1 is 0.522 bits per heavy atom. The van der Waals surface area contributed by atoms with Crippen LogP contribution in [0.1, 0.15) is 290 Å². The van der Waals surface area contributed by atoms with Gasteiger partial charge in [-0.1, -0.05) is 263 Å². The van der Waals surface area contributed by atoms with Gasteiger partial charge < -0.3 is 28.8 Å². The summed E-state index contributed by atoms with van der Waals surface area (Å²) >= 11 is 0. The van der Waals surface area contributed by atoms with E-state index in [1.54, 1.807) is 0 Å². The van der Waals surface area contributed by atoms with Crippen molar-refractivity contribution in [3.05, 3.63) is 24.3 Å². The summed E-state index contributed by atoms with van der Waals surface area (Å²) < 4.78 is 23.4. The quantitative estimate of drug-likeness (QED) is 0.0272. The number of aliphatic hydroxyl groups excluding tert-OH is 1. The van der Waals surface area contributed by atoms with Gasteiger partial charge in [-0.25, -0.2) is 0 Å². The Kier molecular flexibility index (Phi) is 49.2. The first-order valence-corrected chi connectivity index (χ1v) is 30.6. The van der Waals surface area contributed by atoms with Gasteiger partial charge >= 0.3 is 0 Å². The summed E-state index contributed by atoms with van der Waals surface area (Å²) in [5, 5.41) is 14.0. The number of phosphoric ester groups is 1. The Balaban J connectivity index is 4.13. The molecule has 0 aliphatic carbocycles. The zero-order chi connectivity index (χ0) is 49.2. The molecule has 67 heavy (non-hydrogen) atoms. The maximum absolute atomic E-state index is 13.0. The van der Waals surface area contributed by atoms with Gasteiger partial charge in [0.05, 0.1) is 39.9 Å². The van der Waals surface area contributed by atoms with Crippen LogP contribution < -0.4 is 10.2 Å². The molecule has 0 radical (unpaired) electrons. The summed E-state index contributed by atoms with van der Waals surface area (Å²) in [6.07, 6.45) is 62.1. The molecule has 0 aliphatic rings. The molecule has 8 nitrogen and oxygen atoms in total. The highest BCUT2D eigenvalue weighted by Crippen LogP contribution is 2.38. The molecule has 0 spiro atoms. The standard InChI is InChI=1S/C58H115N2O6P/c1-6-8-10-12-14-16-18-20-22-24-26-27-28-29-30-31-32-33-34-36-38-40-42-44-46-48-50-52-58(62)59-56(55-66-67(63,64)65-54-53-60(3,4)5)57(61)51-49-47-45-43-41-39-37-35-25-23-21-19-17-15-13-11-9-7-2/h26-27,29-30,56-57,61H,6-25,28,31-55H2,1-5H3,(H-,59,62,63,64)/b27-26-,30-29-. The van der Waals surface area contributed by atoms with Gasteiger partial charge in [0, 0.05) is 6.42 Å². The summed E-state index contributed by atoms with van der Waals surface area (Å²) in [5.41, 5.74) is 0. The third-order valence-electron chi connectivity index (χ3n) is 13.4. The van der Waals surface area contributed by atoms with Crippen LogP contribution in [-0.2, 0) is 18.4 Å². The van der Waals surface area contributed by atoms with Crippen molar-refractivity contribution >= 4 is 13.7 Å². The highest BCUT2D eigenvalue weighted by atomic mass is 31.2. The van der Waals surface area contributed by atoms with Crippen LogP contribution in [0, 0.1) is 0 Å². The van der Waals surface area contributed by atoms with Crippen molar-refractivity contribution in [3.63, 3.8) is 0 Å². The molecule has 1 amide bonds. The van der Waals surface area contributed by atoms with Gasteiger partial charge in [0.25, 0.3) is 7.82 Å². The van der Waals surface area contributed by atoms with Crippen molar-refractivity contribution in [3.8, 4) is 0 Å². The second-order valence-electron chi connectivity index (χ2n) is 21.4. The highest BCUT2D eigenvalue weighted by Gasteiger charge is 2.24. The maximum Gasteiger partial charge on any atom is 0.268 e. The highest BCUT2D eigenvalue weighted by molar-refractivity contribution is 7.45. The molecule has 3 unspecified atom stereocenters. The number of carbonyl (C=O) groups excluding carboxylic acids is 1. The molecule has 0 rings (SSSR count). The van der Waals surface area contributed by atoms with Gasteiger partial charge in [-0.05, 0) is 44.9 Å². The molecule has 0 aromatic carbocycles. The van der Waals surface area contributed by atoms with E-state index in [4.69, 9.17) is 9.05 Å². The molecule has 0 aromatic heterocycles.